The van der Waals surface area contributed by atoms with Crippen molar-refractivity contribution >= 4 is 61.8 Å². The van der Waals surface area contributed by atoms with Gasteiger partial charge in [-0.3, -0.25) is 0 Å². The molecule has 0 atom stereocenters. The van der Waals surface area contributed by atoms with Crippen LogP contribution in [0.15, 0.2) is 47.6 Å². The van der Waals surface area contributed by atoms with Crippen molar-refractivity contribution in [2.24, 2.45) is 0 Å². The first kappa shape index (κ1) is 21.4. The van der Waals surface area contributed by atoms with Crippen LogP contribution >= 0.6 is 34.8 Å². The molecule has 0 fully saturated rings. The number of benzene rings is 2. The molecular formula is C18H11Cl3N4O5S. The van der Waals surface area contributed by atoms with Crippen molar-refractivity contribution in [1.29, 1.82) is 0 Å². The van der Waals surface area contributed by atoms with Crippen molar-refractivity contribution in [3.63, 3.8) is 0 Å². The highest BCUT2D eigenvalue weighted by atomic mass is 35.5. The molecule has 160 valence electrons. The third-order valence-electron chi connectivity index (χ3n) is 4.18. The fraction of sp³-hybridized carbons (Fsp3) is 0.0556. The second-order valence-corrected chi connectivity index (χ2v) is 9.54. The highest BCUT2D eigenvalue weighted by Gasteiger charge is 2.22. The number of aromatic amines is 1. The van der Waals surface area contributed by atoms with Crippen LogP contribution in [0.1, 0.15) is 5.56 Å². The van der Waals surface area contributed by atoms with E-state index in [1.54, 1.807) is 6.07 Å². The van der Waals surface area contributed by atoms with E-state index in [0.717, 1.165) is 0 Å². The quantitative estimate of drug-likeness (QED) is 0.378. The van der Waals surface area contributed by atoms with E-state index in [4.69, 9.17) is 39.9 Å². The van der Waals surface area contributed by atoms with E-state index in [2.05, 4.69) is 19.8 Å². The maximum Gasteiger partial charge on any atom is 0.511 e. The average Bonchev–Trinajstić information content (AvgIpc) is 3.29. The van der Waals surface area contributed by atoms with Gasteiger partial charge in [0.05, 0.1) is 49.1 Å². The van der Waals surface area contributed by atoms with Crippen LogP contribution in [0.4, 0.5) is 4.79 Å². The first-order chi connectivity index (χ1) is 14.6. The Morgan fingerprint density at radius 2 is 1.90 bits per heavy atom. The van der Waals surface area contributed by atoms with Crippen LogP contribution in [0.5, 0.6) is 5.75 Å². The van der Waals surface area contributed by atoms with Crippen molar-refractivity contribution in [1.82, 2.24) is 19.7 Å². The molecule has 2 aromatic carbocycles. The third kappa shape index (κ3) is 4.47. The van der Waals surface area contributed by atoms with Gasteiger partial charge in [-0.1, -0.05) is 40.9 Å². The molecule has 0 saturated heterocycles. The van der Waals surface area contributed by atoms with Gasteiger partial charge < -0.3 is 14.8 Å². The number of aromatic nitrogens is 4. The van der Waals surface area contributed by atoms with Crippen LogP contribution in [0.25, 0.3) is 17.0 Å². The number of hydrogen-bond acceptors (Lipinski definition) is 6. The Balaban J connectivity index is 1.69. The van der Waals surface area contributed by atoms with E-state index in [-0.39, 0.29) is 32.4 Å². The van der Waals surface area contributed by atoms with E-state index in [1.165, 1.54) is 41.3 Å². The first-order valence-electron chi connectivity index (χ1n) is 8.44. The number of halogens is 3. The molecule has 4 aromatic rings. The fourth-order valence-electron chi connectivity index (χ4n) is 2.85. The Bertz CT molecular complexity index is 1430. The number of sulfone groups is 1. The van der Waals surface area contributed by atoms with Crippen molar-refractivity contribution in [2.75, 3.05) is 0 Å². The Labute approximate surface area is 190 Å². The van der Waals surface area contributed by atoms with E-state index in [9.17, 15) is 13.2 Å². The molecule has 0 spiro atoms. The van der Waals surface area contributed by atoms with Crippen LogP contribution in [0, 0.1) is 0 Å². The number of nitrogens with zero attached hydrogens (tertiary/aromatic N) is 3. The molecule has 0 unspecified atom stereocenters. The van der Waals surface area contributed by atoms with Gasteiger partial charge in [0.1, 0.15) is 0 Å². The lowest BCUT2D eigenvalue weighted by atomic mass is 10.2. The Morgan fingerprint density at radius 1 is 1.13 bits per heavy atom. The number of H-pyrrole nitrogens is 1. The fourth-order valence-corrected chi connectivity index (χ4v) is 5.10. The van der Waals surface area contributed by atoms with Crippen molar-refractivity contribution < 1.29 is 23.1 Å². The molecule has 0 amide bonds. The van der Waals surface area contributed by atoms with Crippen molar-refractivity contribution in [3.8, 4) is 11.7 Å². The summed E-state index contributed by atoms with van der Waals surface area (Å²) >= 11 is 18.1. The summed E-state index contributed by atoms with van der Waals surface area (Å²) in [5.74, 6) is -0.122. The molecule has 0 aliphatic rings. The SMILES string of the molecule is O=C(O)Oc1cnn(-c2nc3cc(S(=O)(=O)Cc4ccc(Cl)c(Cl)c4)c(Cl)cc3[nH]2)c1. The molecule has 31 heavy (non-hydrogen) atoms. The summed E-state index contributed by atoms with van der Waals surface area (Å²) in [5.41, 5.74) is 1.24. The van der Waals surface area contributed by atoms with Gasteiger partial charge in [0.15, 0.2) is 15.6 Å². The van der Waals surface area contributed by atoms with E-state index < -0.39 is 16.0 Å². The summed E-state index contributed by atoms with van der Waals surface area (Å²) in [6.07, 6.45) is 1.02. The zero-order valence-electron chi connectivity index (χ0n) is 15.2. The molecule has 2 heterocycles. The average molecular weight is 502 g/mol. The molecule has 2 aromatic heterocycles. The predicted octanol–water partition coefficient (Wildman–Crippen LogP) is 4.74. The summed E-state index contributed by atoms with van der Waals surface area (Å²) < 4.78 is 31.7. The lowest BCUT2D eigenvalue weighted by molar-refractivity contribution is 0.144. The second kappa shape index (κ2) is 8.04. The minimum atomic E-state index is -3.83. The van der Waals surface area contributed by atoms with E-state index in [1.807, 2.05) is 0 Å². The normalized spacial score (nSPS) is 11.7. The van der Waals surface area contributed by atoms with E-state index in [0.29, 0.717) is 21.6 Å². The highest BCUT2D eigenvalue weighted by Crippen LogP contribution is 2.31. The predicted molar refractivity (Wildman–Crippen MR) is 114 cm³/mol. The molecule has 13 heteroatoms. The summed E-state index contributed by atoms with van der Waals surface area (Å²) in [7, 11) is -3.83. The lowest BCUT2D eigenvalue weighted by Crippen LogP contribution is -2.06. The standard InChI is InChI=1S/C18H11Cl3N4O5S/c19-11-2-1-9(3-12(11)20)8-31(28,29)16-5-15-14(4-13(16)21)23-17(24-15)25-7-10(6-22-25)30-18(26)27/h1-7H,8H2,(H,23,24)(H,26,27). The van der Waals surface area contributed by atoms with Gasteiger partial charge in [0.25, 0.3) is 0 Å². The van der Waals surface area contributed by atoms with Crippen LogP contribution in [-0.4, -0.2) is 39.4 Å². The molecule has 4 rings (SSSR count). The van der Waals surface area contributed by atoms with Gasteiger partial charge in [-0.15, -0.1) is 0 Å². The molecule has 0 bridgehead atoms. The molecule has 0 aliphatic heterocycles. The van der Waals surface area contributed by atoms with Crippen molar-refractivity contribution in [2.45, 2.75) is 10.6 Å². The maximum atomic E-state index is 13.0. The first-order valence-corrected chi connectivity index (χ1v) is 11.2. The van der Waals surface area contributed by atoms with Gasteiger partial charge in [0.2, 0.25) is 5.95 Å². The summed E-state index contributed by atoms with van der Waals surface area (Å²) in [5, 5.41) is 13.2. The molecule has 0 radical (unpaired) electrons. The van der Waals surface area contributed by atoms with E-state index >= 15 is 0 Å². The molecule has 0 aliphatic carbocycles. The monoisotopic (exact) mass is 500 g/mol. The summed E-state index contributed by atoms with van der Waals surface area (Å²) in [6, 6.07) is 7.36. The minimum Gasteiger partial charge on any atom is -0.449 e. The zero-order chi connectivity index (χ0) is 22.3. The molecule has 0 saturated carbocycles. The third-order valence-corrected chi connectivity index (χ3v) is 7.06. The van der Waals surface area contributed by atoms with Gasteiger partial charge >= 0.3 is 6.16 Å². The number of carbonyl (C=O) groups is 1. The maximum absolute atomic E-state index is 13.0. The van der Waals surface area contributed by atoms with Crippen LogP contribution in [0.3, 0.4) is 0 Å². The van der Waals surface area contributed by atoms with Crippen LogP contribution < -0.4 is 4.74 Å². The van der Waals surface area contributed by atoms with Gasteiger partial charge in [-0.25, -0.2) is 22.9 Å². The number of ether oxygens (including phenoxy) is 1. The second-order valence-electron chi connectivity index (χ2n) is 6.36. The Hall–Kier alpha value is -2.79. The number of carboxylic acid groups (broad SMARTS) is 1. The summed E-state index contributed by atoms with van der Waals surface area (Å²) in [6.45, 7) is 0. The van der Waals surface area contributed by atoms with Gasteiger partial charge in [0, 0.05) is 0 Å². The molecule has 2 N–H and O–H groups in total. The Kier molecular flexibility index (Phi) is 5.56. The summed E-state index contributed by atoms with van der Waals surface area (Å²) in [4.78, 5) is 17.8. The molecular weight excluding hydrogens is 491 g/mol. The number of imidazole rings is 1. The smallest absolute Gasteiger partial charge is 0.449 e. The number of nitrogens with one attached hydrogen (secondary N) is 1. The number of fused-ring (bicyclic) bond motifs is 1. The number of hydrogen-bond donors (Lipinski definition) is 2. The molecule has 9 nitrogen and oxygen atoms in total. The minimum absolute atomic E-state index is 0.00381. The van der Waals surface area contributed by atoms with Crippen LogP contribution in [-0.2, 0) is 15.6 Å². The van der Waals surface area contributed by atoms with Crippen molar-refractivity contribution in [3.05, 3.63) is 63.4 Å². The largest absolute Gasteiger partial charge is 0.511 e. The lowest BCUT2D eigenvalue weighted by Gasteiger charge is -2.08. The topological polar surface area (TPSA) is 127 Å². The highest BCUT2D eigenvalue weighted by molar-refractivity contribution is 7.90. The van der Waals surface area contributed by atoms with Crippen LogP contribution in [0.2, 0.25) is 15.1 Å². The van der Waals surface area contributed by atoms with Gasteiger partial charge in [-0.05, 0) is 29.8 Å². The zero-order valence-corrected chi connectivity index (χ0v) is 18.3. The Morgan fingerprint density at radius 3 is 2.61 bits per heavy atom. The number of rotatable bonds is 5. The van der Waals surface area contributed by atoms with Gasteiger partial charge in [-0.2, -0.15) is 5.10 Å².